The summed E-state index contributed by atoms with van der Waals surface area (Å²) in [5.41, 5.74) is 0.416. The Labute approximate surface area is 300 Å². The van der Waals surface area contributed by atoms with Crippen molar-refractivity contribution in [3.63, 3.8) is 0 Å². The Morgan fingerprint density at radius 3 is 2.50 bits per heavy atom. The Morgan fingerprint density at radius 2 is 1.75 bits per heavy atom. The number of fused-ring (bicyclic) bond motifs is 1. The zero-order chi connectivity index (χ0) is 29.9. The normalized spacial score (nSPS) is 11.3. The molecule has 0 aliphatic carbocycles. The largest absolute Gasteiger partial charge is 1.00 e. The third kappa shape index (κ3) is 9.96. The first-order valence-electron chi connectivity index (χ1n) is 11.9. The van der Waals surface area contributed by atoms with Crippen molar-refractivity contribution in [2.75, 3.05) is 22.5 Å². The van der Waals surface area contributed by atoms with Gasteiger partial charge in [0.25, 0.3) is 0 Å². The summed E-state index contributed by atoms with van der Waals surface area (Å²) in [7, 11) is -5.19. The van der Waals surface area contributed by atoms with Crippen molar-refractivity contribution in [2.45, 2.75) is 12.6 Å². The molecule has 0 radical (unpaired) electrons. The smallest absolute Gasteiger partial charge is 0.780 e. The second-order valence-corrected chi connectivity index (χ2v) is 11.8. The second-order valence-electron chi connectivity index (χ2n) is 8.58. The average Bonchev–Trinajstić information content (AvgIpc) is 3.55. The minimum atomic E-state index is -5.19. The number of carbonyl (C=O) groups excluding carboxylic acids is 1. The van der Waals surface area contributed by atoms with E-state index in [4.69, 9.17) is 0 Å². The van der Waals surface area contributed by atoms with Gasteiger partial charge in [-0.15, -0.1) is 22.7 Å². The summed E-state index contributed by atoms with van der Waals surface area (Å²) in [4.78, 5) is 48.5. The van der Waals surface area contributed by atoms with Crippen LogP contribution in [0.4, 0.5) is 34.6 Å². The van der Waals surface area contributed by atoms with Crippen LogP contribution in [0.25, 0.3) is 20.7 Å². The standard InChI is InChI=1S/C25H20F3N6O5PS2.2Na/c26-25(27,28)15-4-2-5-16(10-15)33-23(35)34-24-30-12-18(41-24)7-8-29-22-21-19(31-13-32-22)11-20(42-21)14-3-1-6-17(9-14)39-40(36,37)38;;/h1-6,9-13H,7-8H2,(H,29,31,32)(H2,36,37,38)(H2,30,33,34,35);;/q;2*+1/p-2. The Kier molecular flexibility index (Phi) is 12.8. The summed E-state index contributed by atoms with van der Waals surface area (Å²) < 4.78 is 54.9. The number of amides is 2. The third-order valence-electron chi connectivity index (χ3n) is 5.53. The third-order valence-corrected chi connectivity index (χ3v) is 8.12. The first-order chi connectivity index (χ1) is 19.9. The van der Waals surface area contributed by atoms with E-state index in [9.17, 15) is 32.3 Å². The molecule has 5 aromatic rings. The fourth-order valence-electron chi connectivity index (χ4n) is 3.78. The van der Waals surface area contributed by atoms with Gasteiger partial charge in [0.2, 0.25) is 0 Å². The van der Waals surface area contributed by atoms with E-state index in [-0.39, 0.29) is 75.7 Å². The number of carbonyl (C=O) groups is 1. The molecular weight excluding hydrogens is 662 g/mol. The van der Waals surface area contributed by atoms with Gasteiger partial charge in [-0.05, 0) is 42.0 Å². The van der Waals surface area contributed by atoms with E-state index in [1.54, 1.807) is 18.3 Å². The van der Waals surface area contributed by atoms with Crippen molar-refractivity contribution in [1.82, 2.24) is 15.0 Å². The van der Waals surface area contributed by atoms with Crippen LogP contribution in [0, 0.1) is 0 Å². The minimum Gasteiger partial charge on any atom is -0.780 e. The molecule has 3 heterocycles. The topological polar surface area (TPSA) is 164 Å². The van der Waals surface area contributed by atoms with Gasteiger partial charge in [0.15, 0.2) is 5.13 Å². The van der Waals surface area contributed by atoms with Gasteiger partial charge in [-0.1, -0.05) is 18.2 Å². The predicted octanol–water partition coefficient (Wildman–Crippen LogP) is -0.652. The van der Waals surface area contributed by atoms with Crippen molar-refractivity contribution >= 4 is 63.4 Å². The Morgan fingerprint density at radius 1 is 0.977 bits per heavy atom. The van der Waals surface area contributed by atoms with Crippen LogP contribution in [0.3, 0.4) is 0 Å². The van der Waals surface area contributed by atoms with E-state index in [2.05, 4.69) is 35.4 Å². The maximum atomic E-state index is 12.9. The number of hydrogen-bond acceptors (Lipinski definition) is 11. The van der Waals surface area contributed by atoms with Crippen LogP contribution in [-0.2, 0) is 17.2 Å². The van der Waals surface area contributed by atoms with E-state index in [0.717, 1.165) is 26.6 Å². The number of nitrogens with one attached hydrogen (secondary N) is 3. The fraction of sp³-hybridized carbons (Fsp3) is 0.120. The van der Waals surface area contributed by atoms with Gasteiger partial charge in [-0.3, -0.25) is 5.32 Å². The van der Waals surface area contributed by atoms with Crippen molar-refractivity contribution < 1.29 is 96.0 Å². The van der Waals surface area contributed by atoms with Crippen molar-refractivity contribution in [1.29, 1.82) is 0 Å². The summed E-state index contributed by atoms with van der Waals surface area (Å²) >= 11 is 2.58. The molecule has 11 nitrogen and oxygen atoms in total. The molecule has 19 heteroatoms. The molecule has 0 atom stereocenters. The van der Waals surface area contributed by atoms with Gasteiger partial charge in [0.1, 0.15) is 25.7 Å². The second kappa shape index (κ2) is 15.5. The quantitative estimate of drug-likeness (QED) is 0.136. The van der Waals surface area contributed by atoms with Crippen molar-refractivity contribution in [2.24, 2.45) is 0 Å². The van der Waals surface area contributed by atoms with Crippen LogP contribution >= 0.6 is 30.5 Å². The van der Waals surface area contributed by atoms with Gasteiger partial charge in [-0.25, -0.2) is 19.7 Å². The number of nitrogens with zero attached hydrogens (tertiary/aromatic N) is 3. The van der Waals surface area contributed by atoms with Crippen LogP contribution in [0.5, 0.6) is 5.75 Å². The van der Waals surface area contributed by atoms with Gasteiger partial charge < -0.3 is 29.5 Å². The number of aromatic nitrogens is 3. The monoisotopic (exact) mass is 680 g/mol. The van der Waals surface area contributed by atoms with Gasteiger partial charge in [0, 0.05) is 34.6 Å². The number of thiophene rings is 1. The Balaban J connectivity index is 0.00000264. The maximum Gasteiger partial charge on any atom is 1.00 e. The van der Waals surface area contributed by atoms with E-state index >= 15 is 0 Å². The SMILES string of the molecule is O=C(Nc1cccc(C(F)(F)F)c1)Nc1ncc(CCNc2ncnc3cc(-c4cccc(OP(=O)([O-])[O-])c4)sc23)s1.[Na+].[Na+]. The number of phosphoric ester groups is 1. The molecule has 0 aliphatic heterocycles. The summed E-state index contributed by atoms with van der Waals surface area (Å²) in [5, 5.41) is 8.40. The molecular formula is C25H18F3N6Na2O5PS2. The fourth-order valence-corrected chi connectivity index (χ4v) is 6.03. The minimum absolute atomic E-state index is 0. The number of urea groups is 1. The molecule has 3 N–H and O–H groups in total. The number of halogens is 3. The number of benzene rings is 2. The summed E-state index contributed by atoms with van der Waals surface area (Å²) in [6.07, 6.45) is -1.00. The van der Waals surface area contributed by atoms with Crippen molar-refractivity contribution in [3.05, 3.63) is 77.6 Å². The number of alkyl halides is 3. The molecule has 218 valence electrons. The van der Waals surface area contributed by atoms with Crippen LogP contribution in [0.15, 0.2) is 67.1 Å². The Hall–Kier alpha value is -2.08. The molecule has 2 aromatic carbocycles. The molecule has 0 spiro atoms. The number of hydrogen-bond donors (Lipinski definition) is 3. The summed E-state index contributed by atoms with van der Waals surface area (Å²) in [6.45, 7) is 0.461. The molecule has 0 saturated heterocycles. The molecule has 5 rings (SSSR count). The Bertz CT molecular complexity index is 1800. The number of thiazole rings is 1. The number of anilines is 3. The number of rotatable bonds is 9. The molecule has 44 heavy (non-hydrogen) atoms. The summed E-state index contributed by atoms with van der Waals surface area (Å²) in [5.74, 6) is 0.491. The zero-order valence-corrected chi connectivity index (χ0v) is 29.6. The molecule has 0 unspecified atom stereocenters. The van der Waals surface area contributed by atoms with E-state index < -0.39 is 25.6 Å². The van der Waals surface area contributed by atoms with E-state index in [1.165, 1.54) is 53.3 Å². The van der Waals surface area contributed by atoms with Crippen LogP contribution in [0.2, 0.25) is 0 Å². The van der Waals surface area contributed by atoms with Gasteiger partial charge >= 0.3 is 71.3 Å². The van der Waals surface area contributed by atoms with E-state index in [1.807, 2.05) is 6.07 Å². The first-order valence-corrected chi connectivity index (χ1v) is 15.0. The average molecular weight is 681 g/mol. The molecule has 0 aliphatic rings. The predicted molar refractivity (Wildman–Crippen MR) is 149 cm³/mol. The molecule has 2 amide bonds. The van der Waals surface area contributed by atoms with Gasteiger partial charge in [-0.2, -0.15) is 13.2 Å². The van der Waals surface area contributed by atoms with Crippen molar-refractivity contribution in [3.8, 4) is 16.2 Å². The van der Waals surface area contributed by atoms with Crippen LogP contribution in [0.1, 0.15) is 10.4 Å². The molecule has 0 bridgehead atoms. The number of phosphoric acid groups is 1. The zero-order valence-electron chi connectivity index (χ0n) is 23.0. The molecule has 0 fully saturated rings. The first kappa shape index (κ1) is 36.4. The van der Waals surface area contributed by atoms with Crippen LogP contribution in [-0.4, -0.2) is 27.5 Å². The maximum absolute atomic E-state index is 12.9. The van der Waals surface area contributed by atoms with E-state index in [0.29, 0.717) is 29.9 Å². The van der Waals surface area contributed by atoms with Crippen LogP contribution < -0.4 is 89.4 Å². The molecule has 3 aromatic heterocycles. The summed E-state index contributed by atoms with van der Waals surface area (Å²) in [6, 6.07) is 11.5. The molecule has 0 saturated carbocycles. The van der Waals surface area contributed by atoms with Gasteiger partial charge in [0.05, 0.1) is 15.8 Å².